The molecule has 0 aliphatic heterocycles. The molecule has 1 N–H and O–H groups in total. The number of ether oxygens (including phenoxy) is 1. The second-order valence-electron chi connectivity index (χ2n) is 3.83. The molecule has 2 aromatic heterocycles. The molecule has 0 radical (unpaired) electrons. The SMILES string of the molecule is COc1c2occc2c(CO)c2ccc(=O)oc12. The van der Waals surface area contributed by atoms with Crippen molar-refractivity contribution in [1.82, 2.24) is 0 Å². The smallest absolute Gasteiger partial charge is 0.336 e. The van der Waals surface area contributed by atoms with Gasteiger partial charge in [0.15, 0.2) is 11.2 Å². The third kappa shape index (κ3) is 1.34. The van der Waals surface area contributed by atoms with E-state index in [4.69, 9.17) is 13.6 Å². The van der Waals surface area contributed by atoms with Crippen LogP contribution in [0, 0.1) is 0 Å². The van der Waals surface area contributed by atoms with Crippen molar-refractivity contribution in [3.8, 4) is 5.75 Å². The van der Waals surface area contributed by atoms with Crippen LogP contribution in [0.4, 0.5) is 0 Å². The van der Waals surface area contributed by atoms with Crippen LogP contribution in [-0.4, -0.2) is 12.2 Å². The molecule has 0 atom stereocenters. The molecule has 92 valence electrons. The summed E-state index contributed by atoms with van der Waals surface area (Å²) in [5.41, 5.74) is 0.925. The first-order valence-corrected chi connectivity index (χ1v) is 5.37. The third-order valence-corrected chi connectivity index (χ3v) is 2.92. The second kappa shape index (κ2) is 3.89. The van der Waals surface area contributed by atoms with Gasteiger partial charge in [-0.25, -0.2) is 4.79 Å². The molecule has 0 saturated heterocycles. The molecule has 0 aliphatic carbocycles. The molecule has 1 aromatic carbocycles. The molecule has 5 heteroatoms. The molecule has 18 heavy (non-hydrogen) atoms. The number of furan rings is 1. The minimum absolute atomic E-state index is 0.176. The first kappa shape index (κ1) is 10.9. The minimum Gasteiger partial charge on any atom is -0.490 e. The van der Waals surface area contributed by atoms with Gasteiger partial charge >= 0.3 is 5.63 Å². The van der Waals surface area contributed by atoms with Gasteiger partial charge in [0, 0.05) is 16.8 Å². The highest BCUT2D eigenvalue weighted by atomic mass is 16.5. The predicted molar refractivity (Wildman–Crippen MR) is 64.7 cm³/mol. The molecule has 0 amide bonds. The van der Waals surface area contributed by atoms with Crippen molar-refractivity contribution in [2.75, 3.05) is 7.11 Å². The number of hydrogen-bond donors (Lipinski definition) is 1. The van der Waals surface area contributed by atoms with E-state index < -0.39 is 5.63 Å². The Kier molecular flexibility index (Phi) is 2.34. The van der Waals surface area contributed by atoms with Crippen molar-refractivity contribution in [1.29, 1.82) is 0 Å². The van der Waals surface area contributed by atoms with Gasteiger partial charge in [0.2, 0.25) is 5.75 Å². The first-order valence-electron chi connectivity index (χ1n) is 5.37. The summed E-state index contributed by atoms with van der Waals surface area (Å²) in [6, 6.07) is 4.67. The lowest BCUT2D eigenvalue weighted by atomic mass is 10.0. The summed E-state index contributed by atoms with van der Waals surface area (Å²) in [6.45, 7) is -0.176. The third-order valence-electron chi connectivity index (χ3n) is 2.92. The number of aliphatic hydroxyl groups is 1. The van der Waals surface area contributed by atoms with E-state index in [9.17, 15) is 9.90 Å². The Bertz CT molecular complexity index is 781. The van der Waals surface area contributed by atoms with Crippen molar-refractivity contribution in [2.24, 2.45) is 0 Å². The Labute approximate surface area is 101 Å². The van der Waals surface area contributed by atoms with Gasteiger partial charge in [-0.15, -0.1) is 0 Å². The van der Waals surface area contributed by atoms with Gasteiger partial charge in [0.25, 0.3) is 0 Å². The summed E-state index contributed by atoms with van der Waals surface area (Å²) in [5.74, 6) is 0.361. The summed E-state index contributed by atoms with van der Waals surface area (Å²) < 4.78 is 15.7. The maximum atomic E-state index is 11.3. The average molecular weight is 246 g/mol. The van der Waals surface area contributed by atoms with E-state index in [1.807, 2.05) is 0 Å². The van der Waals surface area contributed by atoms with Gasteiger partial charge in [-0.2, -0.15) is 0 Å². The first-order chi connectivity index (χ1) is 8.76. The average Bonchev–Trinajstić information content (AvgIpc) is 2.84. The molecule has 0 spiro atoms. The molecule has 0 aliphatic rings. The van der Waals surface area contributed by atoms with Crippen LogP contribution in [0.3, 0.4) is 0 Å². The maximum absolute atomic E-state index is 11.3. The van der Waals surface area contributed by atoms with Crippen LogP contribution in [0.1, 0.15) is 5.56 Å². The molecule has 0 unspecified atom stereocenters. The quantitative estimate of drug-likeness (QED) is 0.700. The van der Waals surface area contributed by atoms with Gasteiger partial charge in [-0.1, -0.05) is 0 Å². The zero-order valence-electron chi connectivity index (χ0n) is 9.60. The molecule has 3 rings (SSSR count). The summed E-state index contributed by atoms with van der Waals surface area (Å²) in [7, 11) is 1.47. The Balaban J connectivity index is 2.63. The molecular formula is C13H10O5. The van der Waals surface area contributed by atoms with Crippen LogP contribution in [0.2, 0.25) is 0 Å². The monoisotopic (exact) mass is 246 g/mol. The van der Waals surface area contributed by atoms with E-state index in [0.29, 0.717) is 22.3 Å². The van der Waals surface area contributed by atoms with E-state index in [1.54, 1.807) is 12.1 Å². The van der Waals surface area contributed by atoms with Crippen LogP contribution in [-0.2, 0) is 6.61 Å². The Morgan fingerprint density at radius 2 is 2.00 bits per heavy atom. The summed E-state index contributed by atoms with van der Waals surface area (Å²) in [4.78, 5) is 11.3. The van der Waals surface area contributed by atoms with Crippen molar-refractivity contribution < 1.29 is 18.7 Å². The number of methoxy groups -OCH3 is 1. The molecule has 0 fully saturated rings. The van der Waals surface area contributed by atoms with Gasteiger partial charge in [-0.05, 0) is 17.7 Å². The predicted octanol–water partition coefficient (Wildman–Crippen LogP) is 2.04. The summed E-state index contributed by atoms with van der Waals surface area (Å²) in [5, 5.41) is 10.9. The van der Waals surface area contributed by atoms with E-state index in [2.05, 4.69) is 0 Å². The molecule has 0 saturated carbocycles. The highest BCUT2D eigenvalue weighted by Crippen LogP contribution is 2.38. The highest BCUT2D eigenvalue weighted by molar-refractivity contribution is 6.03. The van der Waals surface area contributed by atoms with Crippen LogP contribution in [0.15, 0.2) is 38.1 Å². The molecule has 2 heterocycles. The van der Waals surface area contributed by atoms with E-state index in [-0.39, 0.29) is 12.2 Å². The van der Waals surface area contributed by atoms with Crippen molar-refractivity contribution in [3.63, 3.8) is 0 Å². The fourth-order valence-corrected chi connectivity index (χ4v) is 2.15. The molecule has 3 aromatic rings. The summed E-state index contributed by atoms with van der Waals surface area (Å²) >= 11 is 0. The molecular weight excluding hydrogens is 236 g/mol. The Hall–Kier alpha value is -2.27. The van der Waals surface area contributed by atoms with Crippen LogP contribution in [0.25, 0.3) is 21.9 Å². The molecule has 5 nitrogen and oxygen atoms in total. The normalized spacial score (nSPS) is 11.2. The van der Waals surface area contributed by atoms with E-state index in [0.717, 1.165) is 5.39 Å². The van der Waals surface area contributed by atoms with E-state index >= 15 is 0 Å². The van der Waals surface area contributed by atoms with Gasteiger partial charge in [0.1, 0.15) is 0 Å². The maximum Gasteiger partial charge on any atom is 0.336 e. The van der Waals surface area contributed by atoms with Crippen molar-refractivity contribution >= 4 is 21.9 Å². The second-order valence-corrected chi connectivity index (χ2v) is 3.83. The minimum atomic E-state index is -0.476. The summed E-state index contributed by atoms with van der Waals surface area (Å²) in [6.07, 6.45) is 1.50. The lowest BCUT2D eigenvalue weighted by Gasteiger charge is -2.08. The lowest BCUT2D eigenvalue weighted by molar-refractivity contribution is 0.284. The Morgan fingerprint density at radius 1 is 1.22 bits per heavy atom. The number of aliphatic hydroxyl groups excluding tert-OH is 1. The fraction of sp³-hybridized carbons (Fsp3) is 0.154. The largest absolute Gasteiger partial charge is 0.490 e. The fourth-order valence-electron chi connectivity index (χ4n) is 2.15. The van der Waals surface area contributed by atoms with Gasteiger partial charge in [-0.3, -0.25) is 0 Å². The zero-order chi connectivity index (χ0) is 12.7. The Morgan fingerprint density at radius 3 is 2.72 bits per heavy atom. The van der Waals surface area contributed by atoms with Crippen LogP contribution in [0.5, 0.6) is 5.75 Å². The van der Waals surface area contributed by atoms with E-state index in [1.165, 1.54) is 19.4 Å². The number of rotatable bonds is 2. The van der Waals surface area contributed by atoms with Gasteiger partial charge in [0.05, 0.1) is 20.0 Å². The van der Waals surface area contributed by atoms with Crippen LogP contribution < -0.4 is 10.4 Å². The number of fused-ring (bicyclic) bond motifs is 2. The number of benzene rings is 1. The topological polar surface area (TPSA) is 72.8 Å². The lowest BCUT2D eigenvalue weighted by Crippen LogP contribution is -1.99. The zero-order valence-corrected chi connectivity index (χ0v) is 9.60. The number of hydrogen-bond acceptors (Lipinski definition) is 5. The van der Waals surface area contributed by atoms with Crippen LogP contribution >= 0.6 is 0 Å². The molecule has 0 bridgehead atoms. The van der Waals surface area contributed by atoms with Crippen molar-refractivity contribution in [3.05, 3.63) is 40.4 Å². The highest BCUT2D eigenvalue weighted by Gasteiger charge is 2.18. The standard InChI is InChI=1S/C13H10O5/c1-16-13-11-8(4-5-17-11)9(6-14)7-2-3-10(15)18-12(7)13/h2-5,14H,6H2,1H3. The van der Waals surface area contributed by atoms with Gasteiger partial charge < -0.3 is 18.7 Å². The van der Waals surface area contributed by atoms with Crippen molar-refractivity contribution in [2.45, 2.75) is 6.61 Å².